The van der Waals surface area contributed by atoms with Crippen LogP contribution in [0.15, 0.2) is 30.3 Å². The third kappa shape index (κ3) is 4.06. The smallest absolute Gasteiger partial charge is 0.323 e. The lowest BCUT2D eigenvalue weighted by Gasteiger charge is -2.30. The Morgan fingerprint density at radius 3 is 2.35 bits per heavy atom. The van der Waals surface area contributed by atoms with Crippen LogP contribution in [0.4, 0.5) is 0 Å². The number of rotatable bonds is 7. The number of hydrogen-bond donors (Lipinski definition) is 1. The van der Waals surface area contributed by atoms with Gasteiger partial charge in [-0.05, 0) is 18.9 Å². The number of amides is 1. The number of carbonyl (C=O) groups excluding carboxylic acids is 1. The van der Waals surface area contributed by atoms with Crippen LogP contribution in [0.3, 0.4) is 0 Å². The number of benzene rings is 1. The van der Waals surface area contributed by atoms with Gasteiger partial charge in [0.2, 0.25) is 0 Å². The van der Waals surface area contributed by atoms with Gasteiger partial charge in [-0.2, -0.15) is 0 Å². The van der Waals surface area contributed by atoms with Crippen molar-refractivity contribution >= 4 is 11.9 Å². The van der Waals surface area contributed by atoms with E-state index in [1.807, 2.05) is 32.0 Å². The summed E-state index contributed by atoms with van der Waals surface area (Å²) in [5.74, 6) is -1.35. The third-order valence-electron chi connectivity index (χ3n) is 3.27. The Labute approximate surface area is 119 Å². The molecule has 1 amide bonds. The number of aliphatic carboxylic acids is 1. The van der Waals surface area contributed by atoms with E-state index in [1.165, 1.54) is 12.0 Å². The van der Waals surface area contributed by atoms with Crippen molar-refractivity contribution in [1.29, 1.82) is 0 Å². The first-order chi connectivity index (χ1) is 9.51. The van der Waals surface area contributed by atoms with Crippen molar-refractivity contribution in [3.63, 3.8) is 0 Å². The molecular formula is C15H21NO4. The largest absolute Gasteiger partial charge is 0.480 e. The van der Waals surface area contributed by atoms with E-state index in [0.29, 0.717) is 6.42 Å². The molecular weight excluding hydrogens is 258 g/mol. The Morgan fingerprint density at radius 1 is 1.30 bits per heavy atom. The number of nitrogens with zero attached hydrogens (tertiary/aromatic N) is 1. The van der Waals surface area contributed by atoms with Crippen LogP contribution in [-0.4, -0.2) is 41.6 Å². The van der Waals surface area contributed by atoms with Crippen molar-refractivity contribution in [2.75, 3.05) is 13.7 Å². The number of ether oxygens (including phenoxy) is 1. The third-order valence-corrected chi connectivity index (χ3v) is 3.27. The summed E-state index contributed by atoms with van der Waals surface area (Å²) in [6, 6.07) is 8.92. The Kier molecular flexibility index (Phi) is 6.18. The van der Waals surface area contributed by atoms with Crippen molar-refractivity contribution in [3.05, 3.63) is 35.9 Å². The predicted molar refractivity (Wildman–Crippen MR) is 75.3 cm³/mol. The van der Waals surface area contributed by atoms with Crippen LogP contribution in [0.5, 0.6) is 0 Å². The molecule has 0 aliphatic rings. The van der Waals surface area contributed by atoms with Crippen LogP contribution in [0.2, 0.25) is 0 Å². The fourth-order valence-corrected chi connectivity index (χ4v) is 1.97. The van der Waals surface area contributed by atoms with Crippen LogP contribution in [0.1, 0.15) is 31.9 Å². The lowest BCUT2D eigenvalue weighted by atomic mass is 10.1. The molecule has 2 atom stereocenters. The molecule has 1 unspecified atom stereocenters. The molecule has 20 heavy (non-hydrogen) atoms. The minimum atomic E-state index is -1.03. The summed E-state index contributed by atoms with van der Waals surface area (Å²) in [6.45, 7) is 3.43. The minimum Gasteiger partial charge on any atom is -0.480 e. The lowest BCUT2D eigenvalue weighted by Crippen LogP contribution is -2.44. The van der Waals surface area contributed by atoms with Gasteiger partial charge in [0.15, 0.2) is 6.10 Å². The average Bonchev–Trinajstić information content (AvgIpc) is 2.45. The van der Waals surface area contributed by atoms with Crippen molar-refractivity contribution in [2.45, 2.75) is 32.4 Å². The Hall–Kier alpha value is -1.88. The molecule has 0 fully saturated rings. The molecule has 0 radical (unpaired) electrons. The van der Waals surface area contributed by atoms with E-state index in [9.17, 15) is 9.59 Å². The number of carboxylic acids is 1. The molecule has 0 bridgehead atoms. The molecule has 1 rings (SSSR count). The highest BCUT2D eigenvalue weighted by Gasteiger charge is 2.29. The number of methoxy groups -OCH3 is 1. The van der Waals surface area contributed by atoms with E-state index in [0.717, 1.165) is 5.56 Å². The number of carboxylic acid groups (broad SMARTS) is 1. The average molecular weight is 279 g/mol. The van der Waals surface area contributed by atoms with Crippen LogP contribution in [0.25, 0.3) is 0 Å². The molecule has 0 aromatic heterocycles. The van der Waals surface area contributed by atoms with Gasteiger partial charge in [0.25, 0.3) is 5.91 Å². The first-order valence-corrected chi connectivity index (χ1v) is 6.61. The van der Waals surface area contributed by atoms with Gasteiger partial charge in [0, 0.05) is 13.2 Å². The van der Waals surface area contributed by atoms with Gasteiger partial charge < -0.3 is 14.7 Å². The molecule has 0 saturated carbocycles. The molecule has 1 aromatic rings. The number of carbonyl (C=O) groups is 2. The van der Waals surface area contributed by atoms with Gasteiger partial charge in [-0.25, -0.2) is 0 Å². The zero-order valence-corrected chi connectivity index (χ0v) is 12.1. The fraction of sp³-hybridized carbons (Fsp3) is 0.467. The highest BCUT2D eigenvalue weighted by molar-refractivity contribution is 5.86. The predicted octanol–water partition coefficient (Wildman–Crippen LogP) is 2.09. The highest BCUT2D eigenvalue weighted by Crippen LogP contribution is 2.21. The molecule has 5 nitrogen and oxygen atoms in total. The second-order valence-electron chi connectivity index (χ2n) is 4.64. The molecule has 0 saturated heterocycles. The van der Waals surface area contributed by atoms with E-state index >= 15 is 0 Å². The highest BCUT2D eigenvalue weighted by atomic mass is 16.5. The summed E-state index contributed by atoms with van der Waals surface area (Å²) in [5, 5.41) is 8.97. The quantitative estimate of drug-likeness (QED) is 0.830. The zero-order valence-electron chi connectivity index (χ0n) is 12.1. The molecule has 5 heteroatoms. The standard InChI is InChI=1S/C15H21NO4/c1-4-11(2)16(10-13(17)18)15(19)14(20-3)12-8-6-5-7-9-12/h5-9,11,14H,4,10H2,1-3H3,(H,17,18)/t11?,14-/m1/s1. The Bertz CT molecular complexity index is 446. The van der Waals surface area contributed by atoms with Crippen molar-refractivity contribution in [1.82, 2.24) is 4.90 Å². The van der Waals surface area contributed by atoms with E-state index < -0.39 is 12.1 Å². The van der Waals surface area contributed by atoms with Gasteiger partial charge in [-0.1, -0.05) is 37.3 Å². The van der Waals surface area contributed by atoms with Crippen LogP contribution in [-0.2, 0) is 14.3 Å². The van der Waals surface area contributed by atoms with Gasteiger partial charge >= 0.3 is 5.97 Å². The molecule has 110 valence electrons. The fourth-order valence-electron chi connectivity index (χ4n) is 1.97. The van der Waals surface area contributed by atoms with E-state index in [4.69, 9.17) is 9.84 Å². The molecule has 0 aliphatic carbocycles. The first-order valence-electron chi connectivity index (χ1n) is 6.61. The van der Waals surface area contributed by atoms with E-state index in [2.05, 4.69) is 0 Å². The summed E-state index contributed by atoms with van der Waals surface area (Å²) >= 11 is 0. The van der Waals surface area contributed by atoms with Gasteiger partial charge in [0.1, 0.15) is 6.54 Å². The lowest BCUT2D eigenvalue weighted by molar-refractivity contribution is -0.152. The minimum absolute atomic E-state index is 0.153. The normalized spacial score (nSPS) is 13.6. The summed E-state index contributed by atoms with van der Waals surface area (Å²) in [7, 11) is 1.45. The second-order valence-corrected chi connectivity index (χ2v) is 4.64. The first kappa shape index (κ1) is 16.2. The van der Waals surface area contributed by atoms with Gasteiger partial charge in [-0.3, -0.25) is 9.59 Å². The molecule has 0 spiro atoms. The maximum atomic E-state index is 12.5. The monoisotopic (exact) mass is 279 g/mol. The van der Waals surface area contributed by atoms with Crippen LogP contribution < -0.4 is 0 Å². The summed E-state index contributed by atoms with van der Waals surface area (Å²) < 4.78 is 5.27. The van der Waals surface area contributed by atoms with Gasteiger partial charge in [0.05, 0.1) is 0 Å². The van der Waals surface area contributed by atoms with E-state index in [1.54, 1.807) is 12.1 Å². The van der Waals surface area contributed by atoms with Gasteiger partial charge in [-0.15, -0.1) is 0 Å². The maximum absolute atomic E-state index is 12.5. The SMILES string of the molecule is CCC(C)N(CC(=O)O)C(=O)[C@H](OC)c1ccccc1. The topological polar surface area (TPSA) is 66.8 Å². The second kappa shape index (κ2) is 7.65. The summed E-state index contributed by atoms with van der Waals surface area (Å²) in [4.78, 5) is 24.8. The summed E-state index contributed by atoms with van der Waals surface area (Å²) in [5.41, 5.74) is 0.721. The van der Waals surface area contributed by atoms with Crippen molar-refractivity contribution in [2.24, 2.45) is 0 Å². The van der Waals surface area contributed by atoms with Crippen molar-refractivity contribution < 1.29 is 19.4 Å². The van der Waals surface area contributed by atoms with Crippen LogP contribution >= 0.6 is 0 Å². The zero-order chi connectivity index (χ0) is 15.1. The number of hydrogen-bond acceptors (Lipinski definition) is 3. The molecule has 1 aromatic carbocycles. The Balaban J connectivity index is 2.99. The summed E-state index contributed by atoms with van der Waals surface area (Å²) in [6.07, 6.45) is -0.0888. The molecule has 1 N–H and O–H groups in total. The Morgan fingerprint density at radius 2 is 1.90 bits per heavy atom. The molecule has 0 aliphatic heterocycles. The van der Waals surface area contributed by atoms with Crippen molar-refractivity contribution in [3.8, 4) is 0 Å². The maximum Gasteiger partial charge on any atom is 0.323 e. The van der Waals surface area contributed by atoms with Crippen LogP contribution in [0, 0.1) is 0 Å². The molecule has 0 heterocycles. The van der Waals surface area contributed by atoms with E-state index in [-0.39, 0.29) is 18.5 Å².